The lowest BCUT2D eigenvalue weighted by Gasteiger charge is -2.20. The molecule has 1 N–H and O–H groups in total. The summed E-state index contributed by atoms with van der Waals surface area (Å²) in [7, 11) is 0. The number of rotatable bonds is 4. The molecule has 2 rings (SSSR count). The third-order valence-electron chi connectivity index (χ3n) is 2.63. The molecule has 0 aliphatic rings. The van der Waals surface area contributed by atoms with Crippen molar-refractivity contribution in [3.8, 4) is 0 Å². The van der Waals surface area contributed by atoms with E-state index in [-0.39, 0.29) is 5.97 Å². The number of anilines is 1. The highest BCUT2D eigenvalue weighted by atomic mass is 35.5. The molecule has 112 valence electrons. The van der Waals surface area contributed by atoms with Crippen LogP contribution in [0.4, 0.5) is 5.69 Å². The fourth-order valence-corrected chi connectivity index (χ4v) is 1.94. The lowest BCUT2D eigenvalue weighted by atomic mass is 10.1. The van der Waals surface area contributed by atoms with Gasteiger partial charge >= 0.3 is 5.97 Å². The Labute approximate surface area is 129 Å². The molecule has 0 aliphatic carbocycles. The van der Waals surface area contributed by atoms with E-state index in [1.54, 1.807) is 24.5 Å². The Morgan fingerprint density at radius 2 is 2.10 bits per heavy atom. The summed E-state index contributed by atoms with van der Waals surface area (Å²) < 4.78 is 10.7. The second-order valence-corrected chi connectivity index (χ2v) is 6.06. The zero-order valence-corrected chi connectivity index (χ0v) is 13.0. The Hall–Kier alpha value is -1.94. The van der Waals surface area contributed by atoms with Crippen LogP contribution < -0.4 is 5.32 Å². The summed E-state index contributed by atoms with van der Waals surface area (Å²) in [5, 5.41) is 3.69. The van der Waals surface area contributed by atoms with Crippen molar-refractivity contribution in [1.29, 1.82) is 0 Å². The number of benzene rings is 1. The van der Waals surface area contributed by atoms with Gasteiger partial charge in [0.15, 0.2) is 0 Å². The predicted molar refractivity (Wildman–Crippen MR) is 82.7 cm³/mol. The van der Waals surface area contributed by atoms with E-state index in [9.17, 15) is 4.79 Å². The van der Waals surface area contributed by atoms with Gasteiger partial charge in [-0.15, -0.1) is 0 Å². The van der Waals surface area contributed by atoms with Gasteiger partial charge in [0.1, 0.15) is 11.4 Å². The Balaban J connectivity index is 2.18. The number of esters is 1. The van der Waals surface area contributed by atoms with E-state index < -0.39 is 5.60 Å². The molecule has 0 bridgehead atoms. The fraction of sp³-hybridized carbons (Fsp3) is 0.312. The molecule has 0 saturated heterocycles. The number of carbonyl (C=O) groups excluding carboxylic acids is 1. The van der Waals surface area contributed by atoms with Crippen molar-refractivity contribution in [3.63, 3.8) is 0 Å². The smallest absolute Gasteiger partial charge is 0.340 e. The Kier molecular flexibility index (Phi) is 4.58. The maximum absolute atomic E-state index is 12.2. The zero-order valence-electron chi connectivity index (χ0n) is 12.3. The van der Waals surface area contributed by atoms with Crippen LogP contribution in [0.3, 0.4) is 0 Å². The first kappa shape index (κ1) is 15.4. The molecule has 0 atom stereocenters. The van der Waals surface area contributed by atoms with Crippen LogP contribution in [0.1, 0.15) is 36.9 Å². The Morgan fingerprint density at radius 1 is 1.33 bits per heavy atom. The fourth-order valence-electron chi connectivity index (χ4n) is 1.77. The summed E-state index contributed by atoms with van der Waals surface area (Å²) in [4.78, 5) is 12.2. The maximum atomic E-state index is 12.2. The normalized spacial score (nSPS) is 11.2. The van der Waals surface area contributed by atoms with Gasteiger partial charge in [-0.1, -0.05) is 11.6 Å². The molecule has 0 unspecified atom stereocenters. The van der Waals surface area contributed by atoms with Gasteiger partial charge in [0, 0.05) is 5.02 Å². The van der Waals surface area contributed by atoms with E-state index in [1.807, 2.05) is 32.9 Å². The Bertz CT molecular complexity index is 615. The molecule has 0 amide bonds. The summed E-state index contributed by atoms with van der Waals surface area (Å²) >= 11 is 6.00. The monoisotopic (exact) mass is 307 g/mol. The number of hydrogen-bond donors (Lipinski definition) is 1. The zero-order chi connectivity index (χ0) is 15.5. The van der Waals surface area contributed by atoms with Crippen molar-refractivity contribution >= 4 is 23.3 Å². The minimum absolute atomic E-state index is 0.388. The third-order valence-corrected chi connectivity index (χ3v) is 2.87. The van der Waals surface area contributed by atoms with Crippen molar-refractivity contribution in [3.05, 3.63) is 52.9 Å². The number of nitrogens with one attached hydrogen (secondary N) is 1. The molecule has 0 radical (unpaired) electrons. The van der Waals surface area contributed by atoms with Crippen LogP contribution in [0, 0.1) is 0 Å². The van der Waals surface area contributed by atoms with Gasteiger partial charge in [-0.05, 0) is 51.1 Å². The summed E-state index contributed by atoms with van der Waals surface area (Å²) in [5.74, 6) is 0.381. The van der Waals surface area contributed by atoms with Crippen molar-refractivity contribution in [2.75, 3.05) is 5.32 Å². The number of furan rings is 1. The predicted octanol–water partition coefficient (Wildman–Crippen LogP) is 4.50. The maximum Gasteiger partial charge on any atom is 0.340 e. The Morgan fingerprint density at radius 3 is 2.71 bits per heavy atom. The molecule has 1 aromatic heterocycles. The van der Waals surface area contributed by atoms with Gasteiger partial charge in [0.2, 0.25) is 0 Å². The highest BCUT2D eigenvalue weighted by Crippen LogP contribution is 2.24. The van der Waals surface area contributed by atoms with Crippen LogP contribution in [-0.4, -0.2) is 11.6 Å². The van der Waals surface area contributed by atoms with E-state index in [2.05, 4.69) is 5.32 Å². The minimum atomic E-state index is -0.547. The first-order chi connectivity index (χ1) is 9.85. The third kappa shape index (κ3) is 4.53. The van der Waals surface area contributed by atoms with Crippen LogP contribution in [0.5, 0.6) is 0 Å². The quantitative estimate of drug-likeness (QED) is 0.845. The lowest BCUT2D eigenvalue weighted by Crippen LogP contribution is -2.24. The van der Waals surface area contributed by atoms with Crippen LogP contribution in [0.15, 0.2) is 41.0 Å². The first-order valence-electron chi connectivity index (χ1n) is 6.64. The van der Waals surface area contributed by atoms with Gasteiger partial charge in [0.25, 0.3) is 0 Å². The molecule has 1 heterocycles. The topological polar surface area (TPSA) is 51.5 Å². The minimum Gasteiger partial charge on any atom is -0.467 e. The highest BCUT2D eigenvalue weighted by Gasteiger charge is 2.20. The van der Waals surface area contributed by atoms with Crippen LogP contribution in [-0.2, 0) is 11.3 Å². The van der Waals surface area contributed by atoms with E-state index in [1.165, 1.54) is 0 Å². The number of carbonyl (C=O) groups is 1. The van der Waals surface area contributed by atoms with Gasteiger partial charge < -0.3 is 14.5 Å². The van der Waals surface area contributed by atoms with Crippen molar-refractivity contribution in [2.45, 2.75) is 32.9 Å². The molecule has 5 heteroatoms. The summed E-state index contributed by atoms with van der Waals surface area (Å²) in [6.45, 7) is 5.95. The highest BCUT2D eigenvalue weighted by molar-refractivity contribution is 6.31. The molecule has 2 aromatic rings. The van der Waals surface area contributed by atoms with Crippen molar-refractivity contribution in [1.82, 2.24) is 0 Å². The van der Waals surface area contributed by atoms with Crippen molar-refractivity contribution in [2.24, 2.45) is 0 Å². The lowest BCUT2D eigenvalue weighted by molar-refractivity contribution is 0.00706. The standard InChI is InChI=1S/C16H18ClNO3/c1-16(2,3)21-15(19)13-7-6-11(17)9-14(13)18-10-12-5-4-8-20-12/h4-9,18H,10H2,1-3H3. The first-order valence-corrected chi connectivity index (χ1v) is 7.02. The SMILES string of the molecule is CC(C)(C)OC(=O)c1ccc(Cl)cc1NCc1ccco1. The van der Waals surface area contributed by atoms with E-state index in [4.69, 9.17) is 20.8 Å². The number of halogens is 1. The van der Waals surface area contributed by atoms with Gasteiger partial charge in [0.05, 0.1) is 24.1 Å². The molecule has 0 spiro atoms. The largest absolute Gasteiger partial charge is 0.467 e. The summed E-state index contributed by atoms with van der Waals surface area (Å²) in [6.07, 6.45) is 1.60. The molecular formula is C16H18ClNO3. The van der Waals surface area contributed by atoms with Crippen LogP contribution >= 0.6 is 11.6 Å². The summed E-state index contributed by atoms with van der Waals surface area (Å²) in [5.41, 5.74) is 0.517. The molecule has 0 fully saturated rings. The van der Waals surface area contributed by atoms with Gasteiger partial charge in [-0.2, -0.15) is 0 Å². The molecular weight excluding hydrogens is 290 g/mol. The van der Waals surface area contributed by atoms with E-state index in [0.717, 1.165) is 5.76 Å². The van der Waals surface area contributed by atoms with E-state index in [0.29, 0.717) is 22.8 Å². The van der Waals surface area contributed by atoms with Gasteiger partial charge in [-0.3, -0.25) is 0 Å². The number of hydrogen-bond acceptors (Lipinski definition) is 4. The molecule has 4 nitrogen and oxygen atoms in total. The molecule has 0 aliphatic heterocycles. The molecule has 1 aromatic carbocycles. The van der Waals surface area contributed by atoms with E-state index >= 15 is 0 Å². The van der Waals surface area contributed by atoms with Crippen molar-refractivity contribution < 1.29 is 13.9 Å². The second kappa shape index (κ2) is 6.22. The molecule has 0 saturated carbocycles. The second-order valence-electron chi connectivity index (χ2n) is 5.62. The summed E-state index contributed by atoms with van der Waals surface area (Å²) in [6, 6.07) is 8.68. The molecule has 21 heavy (non-hydrogen) atoms. The van der Waals surface area contributed by atoms with Crippen LogP contribution in [0.25, 0.3) is 0 Å². The number of ether oxygens (including phenoxy) is 1. The van der Waals surface area contributed by atoms with Gasteiger partial charge in [-0.25, -0.2) is 4.79 Å². The average molecular weight is 308 g/mol. The van der Waals surface area contributed by atoms with Crippen LogP contribution in [0.2, 0.25) is 5.02 Å². The average Bonchev–Trinajstić information content (AvgIpc) is 2.87.